The second kappa shape index (κ2) is 7.61. The maximum Gasteiger partial charge on any atom is 0.113 e. The summed E-state index contributed by atoms with van der Waals surface area (Å²) in [5.41, 5.74) is 5.14. The summed E-state index contributed by atoms with van der Waals surface area (Å²) in [6.45, 7) is 2.23. The molecule has 0 N–H and O–H groups in total. The van der Waals surface area contributed by atoms with Crippen molar-refractivity contribution >= 4 is 0 Å². The summed E-state index contributed by atoms with van der Waals surface area (Å²) in [5.74, 6) is 2.61. The quantitative estimate of drug-likeness (QED) is 0.490. The number of hydrogen-bond acceptors (Lipinski definition) is 2. The molecule has 1 aromatic heterocycles. The summed E-state index contributed by atoms with van der Waals surface area (Å²) in [4.78, 5) is 0. The summed E-state index contributed by atoms with van der Waals surface area (Å²) in [6, 6.07) is 16.3. The van der Waals surface area contributed by atoms with Gasteiger partial charge in [0.15, 0.2) is 0 Å². The predicted molar refractivity (Wildman–Crippen MR) is 98.0 cm³/mol. The van der Waals surface area contributed by atoms with Crippen molar-refractivity contribution in [3.63, 3.8) is 0 Å². The highest BCUT2D eigenvalue weighted by atomic mass is 15.4. The van der Waals surface area contributed by atoms with E-state index >= 15 is 0 Å². The number of unbranched alkanes of at least 4 members (excludes halogenated alkanes) is 2. The standard InChI is InChI=1S/C21H21N3/c1-3-5-6-7-18-8-12-19(13-9-18)21-16-24(23-22-21)20-14-10-17(4-2)11-15-20/h2,8-16H,3,5-7H2,1H3. The molecule has 120 valence electrons. The fourth-order valence-corrected chi connectivity index (χ4v) is 2.65. The summed E-state index contributed by atoms with van der Waals surface area (Å²) in [6.07, 6.45) is 12.3. The molecule has 0 saturated carbocycles. The molecule has 0 aliphatic carbocycles. The molecule has 0 saturated heterocycles. The number of rotatable bonds is 6. The summed E-state index contributed by atoms with van der Waals surface area (Å²) >= 11 is 0. The van der Waals surface area contributed by atoms with Gasteiger partial charge in [0.05, 0.1) is 11.9 Å². The van der Waals surface area contributed by atoms with Crippen molar-refractivity contribution in [1.82, 2.24) is 15.0 Å². The maximum atomic E-state index is 5.38. The van der Waals surface area contributed by atoms with Gasteiger partial charge in [-0.15, -0.1) is 11.5 Å². The molecule has 0 spiro atoms. The average Bonchev–Trinajstić information content (AvgIpc) is 3.13. The number of terminal acetylenes is 1. The van der Waals surface area contributed by atoms with Crippen LogP contribution in [0.5, 0.6) is 0 Å². The van der Waals surface area contributed by atoms with Crippen LogP contribution in [-0.2, 0) is 6.42 Å². The lowest BCUT2D eigenvalue weighted by Crippen LogP contribution is -1.94. The lowest BCUT2D eigenvalue weighted by atomic mass is 10.0. The monoisotopic (exact) mass is 315 g/mol. The molecule has 3 nitrogen and oxygen atoms in total. The largest absolute Gasteiger partial charge is 0.220 e. The third-order valence-electron chi connectivity index (χ3n) is 4.11. The van der Waals surface area contributed by atoms with E-state index in [0.29, 0.717) is 0 Å². The van der Waals surface area contributed by atoms with Gasteiger partial charge in [0.25, 0.3) is 0 Å². The Balaban J connectivity index is 1.74. The van der Waals surface area contributed by atoms with Gasteiger partial charge in [0.1, 0.15) is 5.69 Å². The van der Waals surface area contributed by atoms with Crippen molar-refractivity contribution in [2.45, 2.75) is 32.6 Å². The maximum absolute atomic E-state index is 5.38. The van der Waals surface area contributed by atoms with Crippen molar-refractivity contribution in [3.05, 3.63) is 65.9 Å². The molecule has 0 bridgehead atoms. The Morgan fingerprint density at radius 1 is 1.00 bits per heavy atom. The zero-order chi connectivity index (χ0) is 16.8. The van der Waals surface area contributed by atoms with Gasteiger partial charge in [0.2, 0.25) is 0 Å². The molecule has 3 rings (SSSR count). The van der Waals surface area contributed by atoms with E-state index < -0.39 is 0 Å². The Morgan fingerprint density at radius 3 is 2.42 bits per heavy atom. The number of nitrogens with zero attached hydrogens (tertiary/aromatic N) is 3. The Bertz CT molecular complexity index is 821. The minimum atomic E-state index is 0.859. The first kappa shape index (κ1) is 16.0. The molecule has 2 aromatic carbocycles. The average molecular weight is 315 g/mol. The second-order valence-corrected chi connectivity index (χ2v) is 5.89. The second-order valence-electron chi connectivity index (χ2n) is 5.89. The molecule has 1 heterocycles. The van der Waals surface area contributed by atoms with Gasteiger partial charge in [-0.25, -0.2) is 4.68 Å². The Kier molecular flexibility index (Phi) is 5.08. The van der Waals surface area contributed by atoms with Gasteiger partial charge >= 0.3 is 0 Å². The third-order valence-corrected chi connectivity index (χ3v) is 4.11. The smallest absolute Gasteiger partial charge is 0.113 e. The van der Waals surface area contributed by atoms with Gasteiger partial charge in [-0.1, -0.05) is 55.2 Å². The van der Waals surface area contributed by atoms with Gasteiger partial charge < -0.3 is 0 Å². The SMILES string of the molecule is C#Cc1ccc(-n2cc(-c3ccc(CCCCC)cc3)nn2)cc1. The normalized spacial score (nSPS) is 10.5. The minimum Gasteiger partial charge on any atom is -0.220 e. The highest BCUT2D eigenvalue weighted by Gasteiger charge is 2.05. The minimum absolute atomic E-state index is 0.859. The molecule has 0 fully saturated rings. The fraction of sp³-hybridized carbons (Fsp3) is 0.238. The number of hydrogen-bond donors (Lipinski definition) is 0. The van der Waals surface area contributed by atoms with E-state index in [0.717, 1.165) is 28.9 Å². The van der Waals surface area contributed by atoms with E-state index in [9.17, 15) is 0 Å². The molecule has 0 amide bonds. The molecule has 0 aliphatic rings. The first-order chi connectivity index (χ1) is 11.8. The van der Waals surface area contributed by atoms with E-state index in [-0.39, 0.29) is 0 Å². The van der Waals surface area contributed by atoms with Crippen LogP contribution in [0.15, 0.2) is 54.7 Å². The molecule has 0 radical (unpaired) electrons. The molecule has 3 aromatic rings. The Labute approximate surface area is 143 Å². The highest BCUT2D eigenvalue weighted by molar-refractivity contribution is 5.58. The van der Waals surface area contributed by atoms with Gasteiger partial charge in [-0.05, 0) is 42.7 Å². The van der Waals surface area contributed by atoms with Crippen molar-refractivity contribution < 1.29 is 0 Å². The molecule has 3 heteroatoms. The first-order valence-corrected chi connectivity index (χ1v) is 8.39. The first-order valence-electron chi connectivity index (χ1n) is 8.39. The molecule has 0 unspecified atom stereocenters. The van der Waals surface area contributed by atoms with E-state index in [1.807, 2.05) is 30.5 Å². The zero-order valence-electron chi connectivity index (χ0n) is 13.9. The molecule has 0 atom stereocenters. The lowest BCUT2D eigenvalue weighted by Gasteiger charge is -2.02. The van der Waals surface area contributed by atoms with E-state index in [1.165, 1.54) is 24.8 Å². The van der Waals surface area contributed by atoms with Crippen LogP contribution in [-0.4, -0.2) is 15.0 Å². The van der Waals surface area contributed by atoms with Crippen LogP contribution in [0.25, 0.3) is 16.9 Å². The van der Waals surface area contributed by atoms with E-state index in [2.05, 4.69) is 47.4 Å². The number of aromatic nitrogens is 3. The summed E-state index contributed by atoms with van der Waals surface area (Å²) in [5, 5.41) is 8.50. The van der Waals surface area contributed by atoms with E-state index in [4.69, 9.17) is 6.42 Å². The van der Waals surface area contributed by atoms with Crippen molar-refractivity contribution in [1.29, 1.82) is 0 Å². The highest BCUT2D eigenvalue weighted by Crippen LogP contribution is 2.19. The van der Waals surface area contributed by atoms with E-state index in [1.54, 1.807) is 4.68 Å². The zero-order valence-corrected chi connectivity index (χ0v) is 13.9. The topological polar surface area (TPSA) is 30.7 Å². The Hall–Kier alpha value is -2.86. The van der Waals surface area contributed by atoms with Crippen LogP contribution in [0.2, 0.25) is 0 Å². The Morgan fingerprint density at radius 2 is 1.75 bits per heavy atom. The van der Waals surface area contributed by atoms with Crippen LogP contribution in [0.3, 0.4) is 0 Å². The van der Waals surface area contributed by atoms with Crippen LogP contribution in [0.1, 0.15) is 37.3 Å². The number of benzene rings is 2. The van der Waals surface area contributed by atoms with Gasteiger partial charge in [-0.3, -0.25) is 0 Å². The third kappa shape index (κ3) is 3.72. The molecular formula is C21H21N3. The summed E-state index contributed by atoms with van der Waals surface area (Å²) in [7, 11) is 0. The van der Waals surface area contributed by atoms with Crippen LogP contribution >= 0.6 is 0 Å². The summed E-state index contributed by atoms with van der Waals surface area (Å²) < 4.78 is 1.77. The van der Waals surface area contributed by atoms with Crippen molar-refractivity contribution in [2.24, 2.45) is 0 Å². The molecular weight excluding hydrogens is 294 g/mol. The molecule has 0 aliphatic heterocycles. The molecule has 24 heavy (non-hydrogen) atoms. The van der Waals surface area contributed by atoms with Crippen molar-refractivity contribution in [2.75, 3.05) is 0 Å². The van der Waals surface area contributed by atoms with Crippen LogP contribution in [0.4, 0.5) is 0 Å². The number of aryl methyl sites for hydroxylation is 1. The van der Waals surface area contributed by atoms with Crippen LogP contribution in [0, 0.1) is 12.3 Å². The fourth-order valence-electron chi connectivity index (χ4n) is 2.65. The predicted octanol–water partition coefficient (Wildman–Crippen LogP) is 4.65. The van der Waals surface area contributed by atoms with Crippen LogP contribution < -0.4 is 0 Å². The van der Waals surface area contributed by atoms with Gasteiger partial charge in [0, 0.05) is 11.1 Å². The van der Waals surface area contributed by atoms with Crippen molar-refractivity contribution in [3.8, 4) is 29.3 Å². The van der Waals surface area contributed by atoms with Gasteiger partial charge in [-0.2, -0.15) is 0 Å². The lowest BCUT2D eigenvalue weighted by molar-refractivity contribution is 0.717.